The number of rotatable bonds is 6. The van der Waals surface area contributed by atoms with Crippen LogP contribution in [0.3, 0.4) is 0 Å². The second kappa shape index (κ2) is 6.53. The molecule has 0 aliphatic carbocycles. The van der Waals surface area contributed by atoms with Gasteiger partial charge in [0.2, 0.25) is 0 Å². The van der Waals surface area contributed by atoms with E-state index in [4.69, 9.17) is 9.47 Å². The maximum atomic E-state index is 5.13. The minimum atomic E-state index is 0.564. The Hall–Kier alpha value is -0.930. The van der Waals surface area contributed by atoms with Gasteiger partial charge in [0.15, 0.2) is 0 Å². The smallest absolute Gasteiger partial charge is 0.0884 e. The van der Waals surface area contributed by atoms with Crippen LogP contribution >= 0.6 is 0 Å². The van der Waals surface area contributed by atoms with Gasteiger partial charge in [-0.15, -0.1) is 0 Å². The molecule has 15 heavy (non-hydrogen) atoms. The van der Waals surface area contributed by atoms with Gasteiger partial charge in [0.1, 0.15) is 0 Å². The van der Waals surface area contributed by atoms with Crippen LogP contribution in [-0.4, -0.2) is 19.2 Å². The summed E-state index contributed by atoms with van der Waals surface area (Å²) in [5, 5.41) is 0. The highest BCUT2D eigenvalue weighted by Gasteiger charge is 2.02. The fourth-order valence-corrected chi connectivity index (χ4v) is 1.57. The summed E-state index contributed by atoms with van der Waals surface area (Å²) < 4.78 is 10.2. The minimum absolute atomic E-state index is 0.564. The van der Waals surface area contributed by atoms with E-state index in [1.807, 2.05) is 6.07 Å². The van der Waals surface area contributed by atoms with Crippen molar-refractivity contribution >= 4 is 0 Å². The third kappa shape index (κ3) is 3.98. The molecule has 1 heterocycles. The molecular weight excluding hydrogens is 190 g/mol. The topological polar surface area (TPSA) is 31.4 Å². The van der Waals surface area contributed by atoms with E-state index in [-0.39, 0.29) is 0 Å². The first kappa shape index (κ1) is 12.1. The number of hydrogen-bond donors (Lipinski definition) is 0. The van der Waals surface area contributed by atoms with Gasteiger partial charge < -0.3 is 9.47 Å². The Labute approximate surface area is 91.4 Å². The largest absolute Gasteiger partial charge is 0.380 e. The lowest BCUT2D eigenvalue weighted by Gasteiger charge is -2.07. The summed E-state index contributed by atoms with van der Waals surface area (Å²) in [7, 11) is 3.39. The Kier molecular flexibility index (Phi) is 5.29. The molecular formula is C12H19NO2. The zero-order valence-electron chi connectivity index (χ0n) is 9.75. The number of aryl methyl sites for hydroxylation is 1. The predicted octanol–water partition coefficient (Wildman–Crippen LogP) is 2.33. The Balaban J connectivity index is 2.86. The van der Waals surface area contributed by atoms with Crippen molar-refractivity contribution in [3.8, 4) is 0 Å². The molecule has 1 aromatic heterocycles. The molecule has 3 heteroatoms. The van der Waals surface area contributed by atoms with Crippen LogP contribution < -0.4 is 0 Å². The van der Waals surface area contributed by atoms with Crippen LogP contribution in [0.2, 0.25) is 0 Å². The third-order valence-electron chi connectivity index (χ3n) is 2.10. The number of ether oxygens (including phenoxy) is 2. The maximum Gasteiger partial charge on any atom is 0.0884 e. The summed E-state index contributed by atoms with van der Waals surface area (Å²) in [5.41, 5.74) is 3.28. The third-order valence-corrected chi connectivity index (χ3v) is 2.10. The van der Waals surface area contributed by atoms with Gasteiger partial charge in [0.05, 0.1) is 18.9 Å². The van der Waals surface area contributed by atoms with E-state index >= 15 is 0 Å². The van der Waals surface area contributed by atoms with Gasteiger partial charge >= 0.3 is 0 Å². The molecule has 1 rings (SSSR count). The molecule has 0 saturated heterocycles. The van der Waals surface area contributed by atoms with Crippen molar-refractivity contribution in [1.29, 1.82) is 0 Å². The number of pyridine rings is 1. The van der Waals surface area contributed by atoms with Crippen molar-refractivity contribution in [2.75, 3.05) is 14.2 Å². The zero-order valence-corrected chi connectivity index (χ0v) is 9.75. The molecule has 0 bridgehead atoms. The summed E-state index contributed by atoms with van der Waals surface area (Å²) in [6.07, 6.45) is 2.12. The van der Waals surface area contributed by atoms with E-state index in [1.54, 1.807) is 14.2 Å². The Bertz CT molecular complexity index is 240. The molecule has 0 aliphatic heterocycles. The van der Waals surface area contributed by atoms with E-state index < -0.39 is 0 Å². The predicted molar refractivity (Wildman–Crippen MR) is 59.7 cm³/mol. The minimum Gasteiger partial charge on any atom is -0.380 e. The molecule has 84 valence electrons. The first-order chi connectivity index (χ1) is 7.30. The van der Waals surface area contributed by atoms with E-state index in [9.17, 15) is 0 Å². The monoisotopic (exact) mass is 209 g/mol. The van der Waals surface area contributed by atoms with Crippen LogP contribution in [-0.2, 0) is 29.1 Å². The molecule has 0 radical (unpaired) electrons. The van der Waals surface area contributed by atoms with Gasteiger partial charge in [-0.25, -0.2) is 0 Å². The van der Waals surface area contributed by atoms with Gasteiger partial charge in [0, 0.05) is 19.9 Å². The average molecular weight is 209 g/mol. The SMILES string of the molecule is CCCc1cc(COC)cc(COC)n1. The quantitative estimate of drug-likeness (QED) is 0.720. The van der Waals surface area contributed by atoms with Gasteiger partial charge in [-0.2, -0.15) is 0 Å². The lowest BCUT2D eigenvalue weighted by atomic mass is 10.1. The summed E-state index contributed by atoms with van der Waals surface area (Å²) in [5.74, 6) is 0. The summed E-state index contributed by atoms with van der Waals surface area (Å²) >= 11 is 0. The van der Waals surface area contributed by atoms with Crippen LogP contribution in [0.15, 0.2) is 12.1 Å². The first-order valence-corrected chi connectivity index (χ1v) is 5.26. The molecule has 0 aromatic carbocycles. The van der Waals surface area contributed by atoms with Crippen LogP contribution in [0.4, 0.5) is 0 Å². The highest BCUT2D eigenvalue weighted by molar-refractivity contribution is 5.21. The normalized spacial score (nSPS) is 10.6. The number of nitrogens with zero attached hydrogens (tertiary/aromatic N) is 1. The van der Waals surface area contributed by atoms with E-state index in [0.717, 1.165) is 24.2 Å². The fraction of sp³-hybridized carbons (Fsp3) is 0.583. The van der Waals surface area contributed by atoms with Gasteiger partial charge in [-0.3, -0.25) is 4.98 Å². The number of aromatic nitrogens is 1. The molecule has 0 saturated carbocycles. The molecule has 0 unspecified atom stereocenters. The highest BCUT2D eigenvalue weighted by atomic mass is 16.5. The Morgan fingerprint density at radius 2 is 1.73 bits per heavy atom. The maximum absolute atomic E-state index is 5.13. The fourth-order valence-electron chi connectivity index (χ4n) is 1.57. The molecule has 0 atom stereocenters. The van der Waals surface area contributed by atoms with Crippen molar-refractivity contribution in [2.24, 2.45) is 0 Å². The lowest BCUT2D eigenvalue weighted by Crippen LogP contribution is -2.00. The first-order valence-electron chi connectivity index (χ1n) is 5.26. The van der Waals surface area contributed by atoms with Crippen molar-refractivity contribution in [1.82, 2.24) is 4.98 Å². The summed E-state index contributed by atoms with van der Waals surface area (Å²) in [4.78, 5) is 4.51. The molecule has 0 fully saturated rings. The molecule has 0 aliphatic rings. The summed E-state index contributed by atoms with van der Waals surface area (Å²) in [6.45, 7) is 3.35. The van der Waals surface area contributed by atoms with Crippen LogP contribution in [0, 0.1) is 0 Å². The van der Waals surface area contributed by atoms with E-state index in [2.05, 4.69) is 18.0 Å². The second-order valence-corrected chi connectivity index (χ2v) is 3.57. The van der Waals surface area contributed by atoms with E-state index in [0.29, 0.717) is 13.2 Å². The number of hydrogen-bond acceptors (Lipinski definition) is 3. The van der Waals surface area contributed by atoms with Crippen LogP contribution in [0.1, 0.15) is 30.3 Å². The lowest BCUT2D eigenvalue weighted by molar-refractivity contribution is 0.177. The van der Waals surface area contributed by atoms with E-state index in [1.165, 1.54) is 5.56 Å². The molecule has 1 aromatic rings. The van der Waals surface area contributed by atoms with Crippen LogP contribution in [0.25, 0.3) is 0 Å². The van der Waals surface area contributed by atoms with Crippen molar-refractivity contribution in [2.45, 2.75) is 33.0 Å². The van der Waals surface area contributed by atoms with Crippen molar-refractivity contribution < 1.29 is 9.47 Å². The van der Waals surface area contributed by atoms with Gasteiger partial charge in [-0.05, 0) is 24.1 Å². The molecule has 0 amide bonds. The van der Waals surface area contributed by atoms with Crippen molar-refractivity contribution in [3.63, 3.8) is 0 Å². The second-order valence-electron chi connectivity index (χ2n) is 3.57. The Morgan fingerprint density at radius 1 is 1.07 bits per heavy atom. The molecule has 0 N–H and O–H groups in total. The van der Waals surface area contributed by atoms with Crippen LogP contribution in [0.5, 0.6) is 0 Å². The highest BCUT2D eigenvalue weighted by Crippen LogP contribution is 2.10. The standard InChI is InChI=1S/C12H19NO2/c1-4-5-11-6-10(8-14-2)7-12(13-11)9-15-3/h6-7H,4-5,8-9H2,1-3H3. The van der Waals surface area contributed by atoms with Gasteiger partial charge in [-0.1, -0.05) is 13.3 Å². The number of methoxy groups -OCH3 is 2. The van der Waals surface area contributed by atoms with Gasteiger partial charge in [0.25, 0.3) is 0 Å². The average Bonchev–Trinajstić information content (AvgIpc) is 2.19. The molecule has 3 nitrogen and oxygen atoms in total. The zero-order chi connectivity index (χ0) is 11.1. The van der Waals surface area contributed by atoms with Crippen molar-refractivity contribution in [3.05, 3.63) is 29.1 Å². The Morgan fingerprint density at radius 3 is 2.33 bits per heavy atom. The molecule has 0 spiro atoms. The summed E-state index contributed by atoms with van der Waals surface area (Å²) in [6, 6.07) is 4.14.